The Hall–Kier alpha value is -4.20. The van der Waals surface area contributed by atoms with Crippen molar-refractivity contribution in [2.45, 2.75) is 18.8 Å². The number of nitrogens with one attached hydrogen (secondary N) is 1. The molecule has 2 amide bonds. The summed E-state index contributed by atoms with van der Waals surface area (Å²) in [5.74, 6) is -1.21. The molecule has 0 radical (unpaired) electrons. The fraction of sp³-hybridized carbons (Fsp3) is 0.231. The van der Waals surface area contributed by atoms with E-state index in [0.29, 0.717) is 11.4 Å². The maximum Gasteiger partial charge on any atom is 0.411 e. The van der Waals surface area contributed by atoms with Crippen LogP contribution in [0.5, 0.6) is 0 Å². The van der Waals surface area contributed by atoms with Crippen LogP contribution in [-0.4, -0.2) is 53.2 Å². The van der Waals surface area contributed by atoms with Gasteiger partial charge in [0.25, 0.3) is 0 Å². The van der Waals surface area contributed by atoms with Gasteiger partial charge in [0.2, 0.25) is 5.91 Å². The molecule has 4 rings (SSSR count). The Labute approximate surface area is 197 Å². The van der Waals surface area contributed by atoms with Crippen molar-refractivity contribution in [2.24, 2.45) is 0 Å². The molecule has 2 aromatic carbocycles. The summed E-state index contributed by atoms with van der Waals surface area (Å²) in [5.41, 5.74) is 5.57. The molecule has 174 valence electrons. The zero-order valence-corrected chi connectivity index (χ0v) is 18.7. The van der Waals surface area contributed by atoms with Gasteiger partial charge in [-0.2, -0.15) is 0 Å². The Bertz CT molecular complexity index is 1160. The number of pyridine rings is 1. The molecule has 0 saturated heterocycles. The molecule has 0 unspecified atom stereocenters. The Morgan fingerprint density at radius 3 is 2.24 bits per heavy atom. The highest BCUT2D eigenvalue weighted by molar-refractivity contribution is 5.85. The average Bonchev–Trinajstić information content (AvgIpc) is 3.16. The minimum absolute atomic E-state index is 0.0252. The predicted octanol–water partition coefficient (Wildman–Crippen LogP) is 3.92. The van der Waals surface area contributed by atoms with Gasteiger partial charge < -0.3 is 14.7 Å². The first-order valence-corrected chi connectivity index (χ1v) is 10.9. The molecule has 8 heteroatoms. The monoisotopic (exact) mass is 459 g/mol. The van der Waals surface area contributed by atoms with Crippen LogP contribution in [0.1, 0.15) is 29.2 Å². The molecule has 2 N–H and O–H groups in total. The minimum Gasteiger partial charge on any atom is -0.481 e. The molecule has 0 spiro atoms. The summed E-state index contributed by atoms with van der Waals surface area (Å²) in [6.45, 7) is 0.345. The largest absolute Gasteiger partial charge is 0.481 e. The minimum atomic E-state index is -0.957. The first-order valence-electron chi connectivity index (χ1n) is 10.9. The van der Waals surface area contributed by atoms with Crippen molar-refractivity contribution in [3.05, 3.63) is 83.7 Å². The first kappa shape index (κ1) is 23.0. The smallest absolute Gasteiger partial charge is 0.411 e. The Morgan fingerprint density at radius 2 is 1.65 bits per heavy atom. The maximum atomic E-state index is 12.4. The number of carbonyl (C=O) groups is 3. The Balaban J connectivity index is 1.31. The molecule has 0 bridgehead atoms. The van der Waals surface area contributed by atoms with E-state index in [9.17, 15) is 14.4 Å². The van der Waals surface area contributed by atoms with Crippen molar-refractivity contribution in [3.8, 4) is 11.1 Å². The molecule has 1 aliphatic rings. The van der Waals surface area contributed by atoms with Gasteiger partial charge >= 0.3 is 12.1 Å². The zero-order valence-electron chi connectivity index (χ0n) is 18.7. The van der Waals surface area contributed by atoms with Crippen molar-refractivity contribution < 1.29 is 24.2 Å². The fourth-order valence-electron chi connectivity index (χ4n) is 4.03. The van der Waals surface area contributed by atoms with Crippen LogP contribution in [0.3, 0.4) is 0 Å². The molecular weight excluding hydrogens is 434 g/mol. The number of rotatable bonds is 8. The summed E-state index contributed by atoms with van der Waals surface area (Å²) in [6.07, 6.45) is 0.808. The molecular formula is C26H25N3O5. The van der Waals surface area contributed by atoms with Crippen molar-refractivity contribution in [2.75, 3.05) is 25.5 Å². The van der Waals surface area contributed by atoms with E-state index in [1.807, 2.05) is 24.3 Å². The van der Waals surface area contributed by atoms with Gasteiger partial charge in [-0.15, -0.1) is 0 Å². The van der Waals surface area contributed by atoms with E-state index in [0.717, 1.165) is 22.3 Å². The number of carboxylic acid groups (broad SMARTS) is 1. The quantitative estimate of drug-likeness (QED) is 0.529. The highest BCUT2D eigenvalue weighted by Gasteiger charge is 2.29. The number of carbonyl (C=O) groups excluding carboxylic acids is 2. The number of carboxylic acids is 1. The number of hydrogen-bond donors (Lipinski definition) is 2. The van der Waals surface area contributed by atoms with Crippen LogP contribution in [0.15, 0.2) is 66.9 Å². The molecule has 1 heterocycles. The molecule has 8 nitrogen and oxygen atoms in total. The fourth-order valence-corrected chi connectivity index (χ4v) is 4.03. The molecule has 3 aromatic rings. The normalized spacial score (nSPS) is 11.9. The average molecular weight is 460 g/mol. The molecule has 0 fully saturated rings. The van der Waals surface area contributed by atoms with Crippen LogP contribution >= 0.6 is 0 Å². The number of anilines is 1. The van der Waals surface area contributed by atoms with Crippen LogP contribution in [0, 0.1) is 0 Å². The van der Waals surface area contributed by atoms with Gasteiger partial charge in [0.1, 0.15) is 6.61 Å². The molecule has 1 aliphatic carbocycles. The molecule has 0 aliphatic heterocycles. The molecule has 0 saturated carbocycles. The molecule has 1 aromatic heterocycles. The van der Waals surface area contributed by atoms with Crippen molar-refractivity contribution in [1.82, 2.24) is 9.88 Å². The number of aromatic nitrogens is 1. The number of aliphatic carboxylic acids is 1. The van der Waals surface area contributed by atoms with Gasteiger partial charge in [-0.25, -0.2) is 4.79 Å². The van der Waals surface area contributed by atoms with E-state index in [1.165, 1.54) is 11.1 Å². The van der Waals surface area contributed by atoms with E-state index < -0.39 is 12.1 Å². The van der Waals surface area contributed by atoms with E-state index in [4.69, 9.17) is 9.84 Å². The Kier molecular flexibility index (Phi) is 6.87. The number of fused-ring (bicyclic) bond motifs is 3. The Morgan fingerprint density at radius 1 is 1.00 bits per heavy atom. The first-order chi connectivity index (χ1) is 16.4. The van der Waals surface area contributed by atoms with Crippen LogP contribution in [0.4, 0.5) is 10.5 Å². The van der Waals surface area contributed by atoms with Crippen molar-refractivity contribution in [3.63, 3.8) is 0 Å². The van der Waals surface area contributed by atoms with Crippen LogP contribution in [0.25, 0.3) is 11.1 Å². The second-order valence-corrected chi connectivity index (χ2v) is 8.12. The predicted molar refractivity (Wildman–Crippen MR) is 127 cm³/mol. The van der Waals surface area contributed by atoms with Gasteiger partial charge in [0.05, 0.1) is 24.7 Å². The summed E-state index contributed by atoms with van der Waals surface area (Å²) in [6, 6.07) is 19.5. The number of hydrogen-bond acceptors (Lipinski definition) is 5. The lowest BCUT2D eigenvalue weighted by atomic mass is 9.98. The third kappa shape index (κ3) is 5.23. The lowest BCUT2D eigenvalue weighted by Crippen LogP contribution is -2.30. The van der Waals surface area contributed by atoms with Gasteiger partial charge in [0, 0.05) is 25.2 Å². The van der Waals surface area contributed by atoms with Crippen LogP contribution < -0.4 is 5.32 Å². The third-order valence-electron chi connectivity index (χ3n) is 5.83. The standard InChI is InChI=1S/C26H25N3O5/c1-29(13-12-25(31)32)24(30)14-17-10-11-18(15-27-17)28-26(33)34-16-23-21-8-4-2-6-19(21)20-7-3-5-9-22(20)23/h2-11,15,23H,12-14,16H2,1H3,(H,28,33)(H,31,32). The highest BCUT2D eigenvalue weighted by atomic mass is 16.5. The third-order valence-corrected chi connectivity index (χ3v) is 5.83. The van der Waals surface area contributed by atoms with Crippen LogP contribution in [-0.2, 0) is 20.7 Å². The lowest BCUT2D eigenvalue weighted by Gasteiger charge is -2.16. The summed E-state index contributed by atoms with van der Waals surface area (Å²) in [7, 11) is 1.55. The number of benzene rings is 2. The second-order valence-electron chi connectivity index (χ2n) is 8.12. The van der Waals surface area contributed by atoms with Gasteiger partial charge in [0.15, 0.2) is 0 Å². The van der Waals surface area contributed by atoms with Gasteiger partial charge in [-0.3, -0.25) is 19.9 Å². The second kappa shape index (κ2) is 10.2. The van der Waals surface area contributed by atoms with E-state index in [-0.39, 0.29) is 37.8 Å². The number of likely N-dealkylation sites (N-methyl/N-ethyl adjacent to an activating group) is 1. The number of nitrogens with zero attached hydrogens (tertiary/aromatic N) is 2. The number of ether oxygens (including phenoxy) is 1. The number of amides is 2. The van der Waals surface area contributed by atoms with E-state index in [1.54, 1.807) is 19.2 Å². The van der Waals surface area contributed by atoms with Gasteiger partial charge in [-0.1, -0.05) is 48.5 Å². The van der Waals surface area contributed by atoms with Crippen molar-refractivity contribution in [1.29, 1.82) is 0 Å². The van der Waals surface area contributed by atoms with Crippen LogP contribution in [0.2, 0.25) is 0 Å². The van der Waals surface area contributed by atoms with E-state index >= 15 is 0 Å². The lowest BCUT2D eigenvalue weighted by molar-refractivity contribution is -0.138. The van der Waals surface area contributed by atoms with Crippen molar-refractivity contribution >= 4 is 23.7 Å². The summed E-state index contributed by atoms with van der Waals surface area (Å²) in [4.78, 5) is 40.8. The topological polar surface area (TPSA) is 109 Å². The highest BCUT2D eigenvalue weighted by Crippen LogP contribution is 2.44. The molecule has 0 atom stereocenters. The van der Waals surface area contributed by atoms with E-state index in [2.05, 4.69) is 34.6 Å². The molecule has 34 heavy (non-hydrogen) atoms. The SMILES string of the molecule is CN(CCC(=O)O)C(=O)Cc1ccc(NC(=O)OCC2c3ccccc3-c3ccccc32)cn1. The van der Waals surface area contributed by atoms with Gasteiger partial charge in [-0.05, 0) is 34.4 Å². The zero-order chi connectivity index (χ0) is 24.1. The summed E-state index contributed by atoms with van der Waals surface area (Å²) >= 11 is 0. The summed E-state index contributed by atoms with van der Waals surface area (Å²) in [5, 5.41) is 11.4. The maximum absolute atomic E-state index is 12.4. The summed E-state index contributed by atoms with van der Waals surface area (Å²) < 4.78 is 5.53.